The molecule has 18 heavy (non-hydrogen) atoms. The van der Waals surface area contributed by atoms with E-state index >= 15 is 0 Å². The highest BCUT2D eigenvalue weighted by Gasteiger charge is 2.29. The first-order valence-corrected chi connectivity index (χ1v) is 7.24. The third-order valence-electron chi connectivity index (χ3n) is 4.03. The van der Waals surface area contributed by atoms with Crippen LogP contribution in [0.2, 0.25) is 0 Å². The van der Waals surface area contributed by atoms with E-state index in [1.165, 1.54) is 19.3 Å². The van der Waals surface area contributed by atoms with Crippen LogP contribution in [0.15, 0.2) is 0 Å². The minimum atomic E-state index is 0.00665. The van der Waals surface area contributed by atoms with E-state index in [9.17, 15) is 4.79 Å². The summed E-state index contributed by atoms with van der Waals surface area (Å²) in [4.78, 5) is 14.1. The molecular weight excluding hydrogens is 228 g/mol. The number of carbonyl (C=O) groups excluding carboxylic acids is 1. The number of piperidine rings is 1. The summed E-state index contributed by atoms with van der Waals surface area (Å²) < 4.78 is 5.58. The molecule has 0 spiro atoms. The minimum Gasteiger partial charge on any atom is -0.379 e. The van der Waals surface area contributed by atoms with Crippen molar-refractivity contribution in [1.29, 1.82) is 0 Å². The molecule has 2 rings (SSSR count). The van der Waals surface area contributed by atoms with Crippen molar-refractivity contribution in [3.05, 3.63) is 0 Å². The summed E-state index contributed by atoms with van der Waals surface area (Å²) in [6.07, 6.45) is 4.96. The summed E-state index contributed by atoms with van der Waals surface area (Å²) in [5, 5.41) is 3.34. The van der Waals surface area contributed by atoms with Gasteiger partial charge in [0.15, 0.2) is 0 Å². The lowest BCUT2D eigenvalue weighted by Gasteiger charge is -2.32. The topological polar surface area (TPSA) is 41.6 Å². The van der Waals surface area contributed by atoms with E-state index < -0.39 is 0 Å². The molecular formula is C14H26N2O2. The Morgan fingerprint density at radius 3 is 2.83 bits per heavy atom. The maximum absolute atomic E-state index is 12.3. The van der Waals surface area contributed by atoms with Crippen LogP contribution in [-0.2, 0) is 9.53 Å². The summed E-state index contributed by atoms with van der Waals surface area (Å²) in [6.45, 7) is 5.37. The summed E-state index contributed by atoms with van der Waals surface area (Å²) in [7, 11) is 1.88. The van der Waals surface area contributed by atoms with Crippen LogP contribution in [0.3, 0.4) is 0 Å². The summed E-state index contributed by atoms with van der Waals surface area (Å²) in [6, 6.07) is 0.00665. The van der Waals surface area contributed by atoms with Gasteiger partial charge in [-0.3, -0.25) is 4.79 Å². The fourth-order valence-corrected chi connectivity index (χ4v) is 2.46. The molecule has 0 radical (unpaired) electrons. The monoisotopic (exact) mass is 254 g/mol. The van der Waals surface area contributed by atoms with Crippen LogP contribution in [-0.4, -0.2) is 50.2 Å². The number of nitrogens with zero attached hydrogens (tertiary/aromatic N) is 1. The smallest absolute Gasteiger partial charge is 0.239 e. The number of likely N-dealkylation sites (N-methyl/N-ethyl adjacent to an activating group) is 1. The molecule has 1 amide bonds. The standard InChI is InChI=1S/C14H26N2O2/c1-11-4-3-7-15-13(11)14(17)16(2)8-9-18-10-12-5-6-12/h11-13,15H,3-10H2,1-2H3. The molecule has 0 aromatic heterocycles. The summed E-state index contributed by atoms with van der Waals surface area (Å²) in [5.41, 5.74) is 0. The van der Waals surface area contributed by atoms with Crippen molar-refractivity contribution in [2.24, 2.45) is 11.8 Å². The molecule has 2 fully saturated rings. The van der Waals surface area contributed by atoms with Crippen molar-refractivity contribution in [3.8, 4) is 0 Å². The van der Waals surface area contributed by atoms with Gasteiger partial charge in [-0.15, -0.1) is 0 Å². The van der Waals surface area contributed by atoms with Crippen LogP contribution in [0.25, 0.3) is 0 Å². The Bertz CT molecular complexity index is 279. The first-order chi connectivity index (χ1) is 8.68. The third kappa shape index (κ3) is 3.95. The normalized spacial score (nSPS) is 28.1. The minimum absolute atomic E-state index is 0.00665. The lowest BCUT2D eigenvalue weighted by atomic mass is 9.92. The second-order valence-electron chi connectivity index (χ2n) is 5.83. The van der Waals surface area contributed by atoms with Gasteiger partial charge >= 0.3 is 0 Å². The quantitative estimate of drug-likeness (QED) is 0.726. The Morgan fingerprint density at radius 2 is 2.17 bits per heavy atom. The Hall–Kier alpha value is -0.610. The molecule has 4 heteroatoms. The van der Waals surface area contributed by atoms with Crippen molar-refractivity contribution < 1.29 is 9.53 Å². The maximum Gasteiger partial charge on any atom is 0.239 e. The van der Waals surface area contributed by atoms with Crippen LogP contribution in [0.4, 0.5) is 0 Å². The molecule has 0 aromatic rings. The molecule has 0 bridgehead atoms. The number of nitrogens with one attached hydrogen (secondary N) is 1. The Balaban J connectivity index is 1.65. The van der Waals surface area contributed by atoms with Gasteiger partial charge in [0, 0.05) is 20.2 Å². The van der Waals surface area contributed by atoms with Gasteiger partial charge in [-0.2, -0.15) is 0 Å². The SMILES string of the molecule is CC1CCCNC1C(=O)N(C)CCOCC1CC1. The van der Waals surface area contributed by atoms with Crippen molar-refractivity contribution >= 4 is 5.91 Å². The molecule has 1 aliphatic heterocycles. The van der Waals surface area contributed by atoms with Gasteiger partial charge in [0.05, 0.1) is 12.6 Å². The highest BCUT2D eigenvalue weighted by Crippen LogP contribution is 2.28. The van der Waals surface area contributed by atoms with Crippen molar-refractivity contribution in [1.82, 2.24) is 10.2 Å². The molecule has 1 N–H and O–H groups in total. The number of hydrogen-bond acceptors (Lipinski definition) is 3. The predicted molar refractivity (Wildman–Crippen MR) is 71.4 cm³/mol. The van der Waals surface area contributed by atoms with Crippen molar-refractivity contribution in [2.75, 3.05) is 33.4 Å². The molecule has 1 saturated heterocycles. The number of hydrogen-bond donors (Lipinski definition) is 1. The summed E-state index contributed by atoms with van der Waals surface area (Å²) >= 11 is 0. The molecule has 0 aromatic carbocycles. The van der Waals surface area contributed by atoms with Gasteiger partial charge in [0.1, 0.15) is 0 Å². The highest BCUT2D eigenvalue weighted by molar-refractivity contribution is 5.82. The maximum atomic E-state index is 12.3. The van der Waals surface area contributed by atoms with E-state index in [0.29, 0.717) is 19.1 Å². The van der Waals surface area contributed by atoms with Gasteiger partial charge in [0.25, 0.3) is 0 Å². The van der Waals surface area contributed by atoms with E-state index in [2.05, 4.69) is 12.2 Å². The molecule has 1 saturated carbocycles. The van der Waals surface area contributed by atoms with Gasteiger partial charge in [-0.05, 0) is 44.1 Å². The fraction of sp³-hybridized carbons (Fsp3) is 0.929. The lowest BCUT2D eigenvalue weighted by Crippen LogP contribution is -2.51. The second kappa shape index (κ2) is 6.53. The van der Waals surface area contributed by atoms with Gasteiger partial charge in [-0.25, -0.2) is 0 Å². The van der Waals surface area contributed by atoms with Crippen LogP contribution in [0.1, 0.15) is 32.6 Å². The van der Waals surface area contributed by atoms with Crippen molar-refractivity contribution in [3.63, 3.8) is 0 Å². The van der Waals surface area contributed by atoms with E-state index in [1.54, 1.807) is 0 Å². The molecule has 2 aliphatic rings. The van der Waals surface area contributed by atoms with Crippen molar-refractivity contribution in [2.45, 2.75) is 38.6 Å². The Kier molecular flexibility index (Phi) is 5.01. The molecule has 1 aliphatic carbocycles. The summed E-state index contributed by atoms with van der Waals surface area (Å²) in [5.74, 6) is 1.46. The average Bonchev–Trinajstić information content (AvgIpc) is 3.18. The number of amides is 1. The van der Waals surface area contributed by atoms with Crippen LogP contribution in [0, 0.1) is 11.8 Å². The fourth-order valence-electron chi connectivity index (χ4n) is 2.46. The Morgan fingerprint density at radius 1 is 1.39 bits per heavy atom. The molecule has 4 nitrogen and oxygen atoms in total. The van der Waals surface area contributed by atoms with Gasteiger partial charge in [-0.1, -0.05) is 6.92 Å². The average molecular weight is 254 g/mol. The van der Waals surface area contributed by atoms with Gasteiger partial charge in [0.2, 0.25) is 5.91 Å². The zero-order chi connectivity index (χ0) is 13.0. The highest BCUT2D eigenvalue weighted by atomic mass is 16.5. The predicted octanol–water partition coefficient (Wildman–Crippen LogP) is 1.26. The molecule has 2 atom stereocenters. The zero-order valence-corrected chi connectivity index (χ0v) is 11.7. The first kappa shape index (κ1) is 13.8. The molecule has 104 valence electrons. The first-order valence-electron chi connectivity index (χ1n) is 7.24. The molecule has 1 heterocycles. The van der Waals surface area contributed by atoms with E-state index in [-0.39, 0.29) is 11.9 Å². The molecule has 2 unspecified atom stereocenters. The Labute approximate surface area is 110 Å². The zero-order valence-electron chi connectivity index (χ0n) is 11.7. The van der Waals surface area contributed by atoms with Crippen LogP contribution in [0.5, 0.6) is 0 Å². The van der Waals surface area contributed by atoms with Gasteiger partial charge < -0.3 is 15.0 Å². The van der Waals surface area contributed by atoms with Crippen LogP contribution >= 0.6 is 0 Å². The van der Waals surface area contributed by atoms with Crippen LogP contribution < -0.4 is 5.32 Å². The number of rotatable bonds is 6. The third-order valence-corrected chi connectivity index (χ3v) is 4.03. The second-order valence-corrected chi connectivity index (χ2v) is 5.83. The number of carbonyl (C=O) groups is 1. The van der Waals surface area contributed by atoms with E-state index in [1.807, 2.05) is 11.9 Å². The number of ether oxygens (including phenoxy) is 1. The van der Waals surface area contributed by atoms with E-state index in [4.69, 9.17) is 4.74 Å². The largest absolute Gasteiger partial charge is 0.379 e. The van der Waals surface area contributed by atoms with E-state index in [0.717, 1.165) is 25.5 Å². The lowest BCUT2D eigenvalue weighted by molar-refractivity contribution is -0.134.